The number of aromatic nitrogens is 3. The summed E-state index contributed by atoms with van der Waals surface area (Å²) in [7, 11) is 3.25. The topological polar surface area (TPSA) is 125 Å². The van der Waals surface area contributed by atoms with Crippen LogP contribution >= 0.6 is 0 Å². The SMILES string of the molecule is COc1ccc(N=Cc2c(O)[nH]c3ccc(Cc4cccc(NC(=O)c5nccn5C)c4)cc23)cc1O. The van der Waals surface area contributed by atoms with Gasteiger partial charge in [0.15, 0.2) is 23.2 Å². The van der Waals surface area contributed by atoms with Crippen LogP contribution in [0, 0.1) is 0 Å². The molecule has 3 aromatic carbocycles. The van der Waals surface area contributed by atoms with Crippen LogP contribution in [0.25, 0.3) is 10.9 Å². The molecule has 2 heterocycles. The molecular weight excluding hydrogens is 470 g/mol. The van der Waals surface area contributed by atoms with Crippen molar-refractivity contribution in [3.8, 4) is 17.4 Å². The number of imidazole rings is 1. The Bertz CT molecular complexity index is 1630. The van der Waals surface area contributed by atoms with Gasteiger partial charge in [-0.2, -0.15) is 0 Å². The number of phenolic OH excluding ortho intramolecular Hbond substituents is 1. The average Bonchev–Trinajstić information content (AvgIpc) is 3.45. The summed E-state index contributed by atoms with van der Waals surface area (Å²) >= 11 is 0. The number of aromatic hydroxyl groups is 2. The van der Waals surface area contributed by atoms with Gasteiger partial charge >= 0.3 is 0 Å². The van der Waals surface area contributed by atoms with E-state index >= 15 is 0 Å². The van der Waals surface area contributed by atoms with Gasteiger partial charge < -0.3 is 29.8 Å². The van der Waals surface area contributed by atoms with Gasteiger partial charge in [-0.15, -0.1) is 0 Å². The number of aryl methyl sites for hydroxylation is 1. The van der Waals surface area contributed by atoms with Gasteiger partial charge in [-0.25, -0.2) is 4.98 Å². The maximum atomic E-state index is 12.5. The van der Waals surface area contributed by atoms with Crippen molar-refractivity contribution in [2.24, 2.45) is 12.0 Å². The number of rotatable bonds is 7. The number of anilines is 1. The van der Waals surface area contributed by atoms with Gasteiger partial charge in [0.05, 0.1) is 18.4 Å². The third-order valence-corrected chi connectivity index (χ3v) is 6.00. The lowest BCUT2D eigenvalue weighted by atomic mass is 10.0. The molecule has 0 aliphatic rings. The molecule has 1 amide bonds. The number of carbonyl (C=O) groups excluding carboxylic acids is 1. The van der Waals surface area contributed by atoms with Crippen molar-refractivity contribution in [3.05, 3.63) is 95.6 Å². The molecule has 0 aliphatic carbocycles. The second kappa shape index (κ2) is 9.90. The molecule has 0 spiro atoms. The lowest BCUT2D eigenvalue weighted by Crippen LogP contribution is -2.16. The molecule has 4 N–H and O–H groups in total. The first-order valence-electron chi connectivity index (χ1n) is 11.5. The molecule has 37 heavy (non-hydrogen) atoms. The van der Waals surface area contributed by atoms with E-state index in [0.29, 0.717) is 34.9 Å². The van der Waals surface area contributed by atoms with E-state index in [1.165, 1.54) is 13.2 Å². The number of amides is 1. The van der Waals surface area contributed by atoms with Gasteiger partial charge in [-0.1, -0.05) is 18.2 Å². The Morgan fingerprint density at radius 2 is 1.97 bits per heavy atom. The van der Waals surface area contributed by atoms with Crippen LogP contribution in [0.1, 0.15) is 27.3 Å². The Kier molecular flexibility index (Phi) is 6.34. The van der Waals surface area contributed by atoms with E-state index in [2.05, 4.69) is 20.3 Å². The highest BCUT2D eigenvalue weighted by Gasteiger charge is 2.13. The van der Waals surface area contributed by atoms with E-state index in [0.717, 1.165) is 22.0 Å². The van der Waals surface area contributed by atoms with E-state index in [1.54, 1.807) is 42.4 Å². The fourth-order valence-corrected chi connectivity index (χ4v) is 4.15. The summed E-state index contributed by atoms with van der Waals surface area (Å²) in [6, 6.07) is 18.4. The monoisotopic (exact) mass is 495 g/mol. The molecule has 5 rings (SSSR count). The summed E-state index contributed by atoms with van der Waals surface area (Å²) in [5, 5.41) is 24.2. The van der Waals surface area contributed by atoms with E-state index in [1.807, 2.05) is 42.5 Å². The predicted molar refractivity (Wildman–Crippen MR) is 142 cm³/mol. The fourth-order valence-electron chi connectivity index (χ4n) is 4.15. The zero-order valence-electron chi connectivity index (χ0n) is 20.3. The number of fused-ring (bicyclic) bond motifs is 1. The molecule has 9 nitrogen and oxygen atoms in total. The van der Waals surface area contributed by atoms with Crippen LogP contribution in [-0.4, -0.2) is 44.0 Å². The van der Waals surface area contributed by atoms with Crippen LogP contribution in [0.3, 0.4) is 0 Å². The highest BCUT2D eigenvalue weighted by Crippen LogP contribution is 2.31. The van der Waals surface area contributed by atoms with E-state index < -0.39 is 0 Å². The molecule has 5 aromatic rings. The highest BCUT2D eigenvalue weighted by molar-refractivity contribution is 6.03. The van der Waals surface area contributed by atoms with Gasteiger partial charge in [-0.05, 0) is 53.9 Å². The number of aliphatic imine (C=N–C) groups is 1. The third-order valence-electron chi connectivity index (χ3n) is 6.00. The van der Waals surface area contributed by atoms with Crippen molar-refractivity contribution in [2.45, 2.75) is 6.42 Å². The average molecular weight is 496 g/mol. The summed E-state index contributed by atoms with van der Waals surface area (Å²) in [6.45, 7) is 0. The van der Waals surface area contributed by atoms with E-state index in [9.17, 15) is 15.0 Å². The molecule has 0 fully saturated rings. The second-order valence-electron chi connectivity index (χ2n) is 8.57. The summed E-state index contributed by atoms with van der Waals surface area (Å²) in [6.07, 6.45) is 5.49. The number of ether oxygens (including phenoxy) is 1. The van der Waals surface area contributed by atoms with Crippen molar-refractivity contribution in [3.63, 3.8) is 0 Å². The third kappa shape index (κ3) is 5.01. The van der Waals surface area contributed by atoms with Crippen molar-refractivity contribution < 1.29 is 19.7 Å². The lowest BCUT2D eigenvalue weighted by Gasteiger charge is -2.08. The lowest BCUT2D eigenvalue weighted by molar-refractivity contribution is 0.101. The molecule has 9 heteroatoms. The van der Waals surface area contributed by atoms with Gasteiger partial charge in [0.25, 0.3) is 5.91 Å². The number of phenols is 1. The molecule has 0 atom stereocenters. The standard InChI is InChI=1S/C28H25N5O4/c1-33-11-10-29-26(33)28(36)31-20-5-3-4-17(13-20)12-18-6-8-23-21(14-18)22(27(35)32-23)16-30-19-7-9-25(37-2)24(34)15-19/h3-11,13-16,32,34-35H,12H2,1-2H3,(H,31,36). The number of methoxy groups -OCH3 is 1. The fraction of sp³-hybridized carbons (Fsp3) is 0.107. The molecule has 0 radical (unpaired) electrons. The Balaban J connectivity index is 1.37. The Labute approximate surface area is 212 Å². The van der Waals surface area contributed by atoms with Gasteiger partial charge in [-0.3, -0.25) is 9.79 Å². The number of aromatic amines is 1. The molecule has 0 saturated heterocycles. The maximum absolute atomic E-state index is 12.5. The van der Waals surface area contributed by atoms with Crippen molar-refractivity contribution in [1.29, 1.82) is 0 Å². The Morgan fingerprint density at radius 1 is 1.14 bits per heavy atom. The quantitative estimate of drug-likeness (QED) is 0.239. The summed E-state index contributed by atoms with van der Waals surface area (Å²) < 4.78 is 6.73. The van der Waals surface area contributed by atoms with Gasteiger partial charge in [0.2, 0.25) is 0 Å². The zero-order chi connectivity index (χ0) is 25.9. The van der Waals surface area contributed by atoms with Crippen molar-refractivity contribution in [2.75, 3.05) is 12.4 Å². The molecule has 0 bridgehead atoms. The largest absolute Gasteiger partial charge is 0.504 e. The number of nitrogens with one attached hydrogen (secondary N) is 2. The molecule has 0 saturated carbocycles. The predicted octanol–water partition coefficient (Wildman–Crippen LogP) is 4.91. The zero-order valence-corrected chi connectivity index (χ0v) is 20.3. The highest BCUT2D eigenvalue weighted by atomic mass is 16.5. The second-order valence-corrected chi connectivity index (χ2v) is 8.57. The molecular formula is C28H25N5O4. The summed E-state index contributed by atoms with van der Waals surface area (Å²) in [5.41, 5.74) is 4.56. The number of carbonyl (C=O) groups is 1. The van der Waals surface area contributed by atoms with Gasteiger partial charge in [0.1, 0.15) is 0 Å². The van der Waals surface area contributed by atoms with Crippen LogP contribution in [-0.2, 0) is 13.5 Å². The number of nitrogens with zero attached hydrogens (tertiary/aromatic N) is 3. The minimum atomic E-state index is -0.275. The first-order chi connectivity index (χ1) is 17.9. The number of H-pyrrole nitrogens is 1. The van der Waals surface area contributed by atoms with Crippen molar-refractivity contribution >= 4 is 34.4 Å². The smallest absolute Gasteiger partial charge is 0.291 e. The molecule has 0 unspecified atom stereocenters. The number of hydrogen-bond acceptors (Lipinski definition) is 6. The minimum Gasteiger partial charge on any atom is -0.504 e. The Hall–Kier alpha value is -5.05. The van der Waals surface area contributed by atoms with E-state index in [4.69, 9.17) is 4.74 Å². The van der Waals surface area contributed by atoms with Crippen LogP contribution in [0.15, 0.2) is 78.0 Å². The minimum absolute atomic E-state index is 0.00706. The van der Waals surface area contributed by atoms with Crippen LogP contribution in [0.2, 0.25) is 0 Å². The van der Waals surface area contributed by atoms with Crippen LogP contribution in [0.5, 0.6) is 17.4 Å². The summed E-state index contributed by atoms with van der Waals surface area (Å²) in [4.78, 5) is 24.0. The van der Waals surface area contributed by atoms with Crippen LogP contribution < -0.4 is 10.1 Å². The van der Waals surface area contributed by atoms with Gasteiger partial charge in [0, 0.05) is 48.3 Å². The first kappa shape index (κ1) is 23.7. The van der Waals surface area contributed by atoms with Crippen LogP contribution in [0.4, 0.5) is 11.4 Å². The normalized spacial score (nSPS) is 11.3. The number of benzene rings is 3. The summed E-state index contributed by atoms with van der Waals surface area (Å²) in [5.74, 6) is 0.414. The Morgan fingerprint density at radius 3 is 2.73 bits per heavy atom. The van der Waals surface area contributed by atoms with Crippen molar-refractivity contribution in [1.82, 2.24) is 14.5 Å². The number of hydrogen-bond donors (Lipinski definition) is 4. The maximum Gasteiger partial charge on any atom is 0.291 e. The van der Waals surface area contributed by atoms with E-state index in [-0.39, 0.29) is 17.5 Å². The molecule has 186 valence electrons. The molecule has 0 aliphatic heterocycles. The molecule has 2 aromatic heterocycles. The first-order valence-corrected chi connectivity index (χ1v) is 11.5.